The van der Waals surface area contributed by atoms with Crippen molar-refractivity contribution in [2.24, 2.45) is 0 Å². The van der Waals surface area contributed by atoms with E-state index in [2.05, 4.69) is 11.9 Å². The van der Waals surface area contributed by atoms with E-state index in [1.54, 1.807) is 0 Å². The SMILES string of the molecule is CCCOC1CCN(C(=O)Cc2c(C)nc3ccccn23)CC1. The molecule has 0 aromatic carbocycles. The van der Waals surface area contributed by atoms with E-state index in [1.165, 1.54) is 0 Å². The van der Waals surface area contributed by atoms with Gasteiger partial charge in [0, 0.05) is 25.9 Å². The van der Waals surface area contributed by atoms with Gasteiger partial charge < -0.3 is 14.0 Å². The van der Waals surface area contributed by atoms with Gasteiger partial charge in [-0.1, -0.05) is 13.0 Å². The lowest BCUT2D eigenvalue weighted by Crippen LogP contribution is -2.41. The van der Waals surface area contributed by atoms with Gasteiger partial charge in [0.2, 0.25) is 5.91 Å². The Balaban J connectivity index is 1.62. The number of pyridine rings is 1. The molecule has 0 bridgehead atoms. The van der Waals surface area contributed by atoms with Crippen LogP contribution in [0, 0.1) is 6.92 Å². The van der Waals surface area contributed by atoms with Gasteiger partial charge in [-0.05, 0) is 38.3 Å². The molecule has 23 heavy (non-hydrogen) atoms. The third-order valence-electron chi connectivity index (χ3n) is 4.50. The summed E-state index contributed by atoms with van der Waals surface area (Å²) in [7, 11) is 0. The summed E-state index contributed by atoms with van der Waals surface area (Å²) in [5.74, 6) is 0.188. The third-order valence-corrected chi connectivity index (χ3v) is 4.50. The Kier molecular flexibility index (Phi) is 4.96. The molecule has 1 amide bonds. The maximum absolute atomic E-state index is 12.6. The minimum atomic E-state index is 0.188. The Morgan fingerprint density at radius 2 is 2.13 bits per heavy atom. The summed E-state index contributed by atoms with van der Waals surface area (Å²) in [6, 6.07) is 5.91. The van der Waals surface area contributed by atoms with Crippen molar-refractivity contribution in [3.63, 3.8) is 0 Å². The molecule has 1 aliphatic heterocycles. The van der Waals surface area contributed by atoms with Crippen LogP contribution in [0.5, 0.6) is 0 Å². The lowest BCUT2D eigenvalue weighted by molar-refractivity contribution is -0.133. The first-order valence-electron chi connectivity index (χ1n) is 8.51. The van der Waals surface area contributed by atoms with Crippen LogP contribution in [-0.4, -0.2) is 46.0 Å². The molecule has 0 aliphatic carbocycles. The lowest BCUT2D eigenvalue weighted by Gasteiger charge is -2.32. The number of rotatable bonds is 5. The Bertz CT molecular complexity index is 672. The highest BCUT2D eigenvalue weighted by molar-refractivity contribution is 5.79. The van der Waals surface area contributed by atoms with Gasteiger partial charge in [0.05, 0.1) is 23.9 Å². The fraction of sp³-hybridized carbons (Fsp3) is 0.556. The van der Waals surface area contributed by atoms with E-state index in [0.29, 0.717) is 12.5 Å². The molecule has 0 spiro atoms. The number of piperidine rings is 1. The number of aromatic nitrogens is 2. The molecule has 3 rings (SSSR count). The fourth-order valence-corrected chi connectivity index (χ4v) is 3.19. The lowest BCUT2D eigenvalue weighted by atomic mass is 10.1. The average Bonchev–Trinajstić information content (AvgIpc) is 2.89. The number of hydrogen-bond acceptors (Lipinski definition) is 3. The van der Waals surface area contributed by atoms with Crippen LogP contribution in [0.25, 0.3) is 5.65 Å². The molecular weight excluding hydrogens is 290 g/mol. The summed E-state index contributed by atoms with van der Waals surface area (Å²) < 4.78 is 7.81. The standard InChI is InChI=1S/C18H25N3O2/c1-3-12-23-15-7-10-20(11-8-15)18(22)13-16-14(2)19-17-6-4-5-9-21(16)17/h4-6,9,15H,3,7-8,10-13H2,1-2H3. The summed E-state index contributed by atoms with van der Waals surface area (Å²) >= 11 is 0. The normalized spacial score (nSPS) is 16.2. The van der Waals surface area contributed by atoms with Crippen molar-refractivity contribution < 1.29 is 9.53 Å². The summed E-state index contributed by atoms with van der Waals surface area (Å²) in [4.78, 5) is 19.1. The summed E-state index contributed by atoms with van der Waals surface area (Å²) in [6.45, 7) is 6.50. The van der Waals surface area contributed by atoms with Gasteiger partial charge in [0.15, 0.2) is 0 Å². The Hall–Kier alpha value is -1.88. The van der Waals surface area contributed by atoms with Gasteiger partial charge in [-0.3, -0.25) is 4.79 Å². The van der Waals surface area contributed by atoms with E-state index in [0.717, 1.165) is 56.0 Å². The Labute approximate surface area is 137 Å². The number of fused-ring (bicyclic) bond motifs is 1. The highest BCUT2D eigenvalue weighted by atomic mass is 16.5. The van der Waals surface area contributed by atoms with Gasteiger partial charge in [-0.15, -0.1) is 0 Å². The molecule has 2 aromatic heterocycles. The monoisotopic (exact) mass is 315 g/mol. The summed E-state index contributed by atoms with van der Waals surface area (Å²) in [5, 5.41) is 0. The van der Waals surface area contributed by atoms with Crippen LogP contribution in [0.2, 0.25) is 0 Å². The van der Waals surface area contributed by atoms with Gasteiger partial charge in [0.25, 0.3) is 0 Å². The van der Waals surface area contributed by atoms with E-state index < -0.39 is 0 Å². The molecule has 3 heterocycles. The molecule has 1 fully saturated rings. The number of hydrogen-bond donors (Lipinski definition) is 0. The van der Waals surface area contributed by atoms with Crippen LogP contribution in [0.4, 0.5) is 0 Å². The molecule has 2 aromatic rings. The summed E-state index contributed by atoms with van der Waals surface area (Å²) in [5.41, 5.74) is 2.83. The highest BCUT2D eigenvalue weighted by Crippen LogP contribution is 2.17. The molecule has 1 aliphatic rings. The molecule has 5 nitrogen and oxygen atoms in total. The first-order valence-corrected chi connectivity index (χ1v) is 8.51. The molecule has 0 radical (unpaired) electrons. The minimum Gasteiger partial charge on any atom is -0.378 e. The second-order valence-electron chi connectivity index (χ2n) is 6.20. The maximum atomic E-state index is 12.6. The topological polar surface area (TPSA) is 46.8 Å². The molecule has 0 unspecified atom stereocenters. The van der Waals surface area contributed by atoms with Crippen LogP contribution in [0.1, 0.15) is 37.6 Å². The number of carbonyl (C=O) groups is 1. The van der Waals surface area contributed by atoms with Crippen molar-refractivity contribution in [3.05, 3.63) is 35.8 Å². The van der Waals surface area contributed by atoms with Crippen molar-refractivity contribution in [2.45, 2.75) is 45.6 Å². The zero-order valence-electron chi connectivity index (χ0n) is 14.0. The first-order chi connectivity index (χ1) is 11.2. The van der Waals surface area contributed by atoms with Crippen molar-refractivity contribution in [1.82, 2.24) is 14.3 Å². The Morgan fingerprint density at radius 1 is 1.35 bits per heavy atom. The average molecular weight is 315 g/mol. The quantitative estimate of drug-likeness (QED) is 0.852. The number of nitrogens with zero attached hydrogens (tertiary/aromatic N) is 3. The van der Waals surface area contributed by atoms with E-state index in [1.807, 2.05) is 40.6 Å². The van der Waals surface area contributed by atoms with Gasteiger partial charge in [-0.2, -0.15) is 0 Å². The number of aryl methyl sites for hydroxylation is 1. The van der Waals surface area contributed by atoms with Crippen LogP contribution in [0.15, 0.2) is 24.4 Å². The van der Waals surface area contributed by atoms with Crippen LogP contribution in [0.3, 0.4) is 0 Å². The Morgan fingerprint density at radius 3 is 2.87 bits per heavy atom. The second-order valence-corrected chi connectivity index (χ2v) is 6.20. The zero-order valence-corrected chi connectivity index (χ0v) is 14.0. The molecular formula is C18H25N3O2. The van der Waals surface area contributed by atoms with Crippen molar-refractivity contribution in [3.8, 4) is 0 Å². The molecule has 1 saturated heterocycles. The van der Waals surface area contributed by atoms with E-state index in [4.69, 9.17) is 4.74 Å². The first kappa shape index (κ1) is 16.0. The van der Waals surface area contributed by atoms with E-state index in [-0.39, 0.29) is 5.91 Å². The van der Waals surface area contributed by atoms with Crippen LogP contribution >= 0.6 is 0 Å². The third kappa shape index (κ3) is 3.55. The van der Waals surface area contributed by atoms with Gasteiger partial charge in [-0.25, -0.2) is 4.98 Å². The fourth-order valence-electron chi connectivity index (χ4n) is 3.19. The zero-order chi connectivity index (χ0) is 16.2. The number of amides is 1. The van der Waals surface area contributed by atoms with Gasteiger partial charge in [0.1, 0.15) is 5.65 Å². The van der Waals surface area contributed by atoms with Crippen LogP contribution < -0.4 is 0 Å². The van der Waals surface area contributed by atoms with Crippen molar-refractivity contribution in [1.29, 1.82) is 0 Å². The molecule has 0 atom stereocenters. The predicted octanol–water partition coefficient (Wildman–Crippen LogP) is 2.60. The number of ether oxygens (including phenoxy) is 1. The minimum absolute atomic E-state index is 0.188. The van der Waals surface area contributed by atoms with E-state index >= 15 is 0 Å². The van der Waals surface area contributed by atoms with Gasteiger partial charge >= 0.3 is 0 Å². The number of imidazole rings is 1. The number of likely N-dealkylation sites (tertiary alicyclic amines) is 1. The predicted molar refractivity (Wildman–Crippen MR) is 89.5 cm³/mol. The molecule has 0 N–H and O–H groups in total. The van der Waals surface area contributed by atoms with E-state index in [9.17, 15) is 4.79 Å². The number of carbonyl (C=O) groups excluding carboxylic acids is 1. The maximum Gasteiger partial charge on any atom is 0.228 e. The van der Waals surface area contributed by atoms with Crippen LogP contribution in [-0.2, 0) is 16.0 Å². The second kappa shape index (κ2) is 7.13. The molecule has 0 saturated carbocycles. The molecule has 5 heteroatoms. The molecule has 124 valence electrons. The highest BCUT2D eigenvalue weighted by Gasteiger charge is 2.24. The van der Waals surface area contributed by atoms with Crippen molar-refractivity contribution in [2.75, 3.05) is 19.7 Å². The summed E-state index contributed by atoms with van der Waals surface area (Å²) in [6.07, 6.45) is 5.64. The van der Waals surface area contributed by atoms with Crippen molar-refractivity contribution >= 4 is 11.6 Å². The smallest absolute Gasteiger partial charge is 0.228 e. The largest absolute Gasteiger partial charge is 0.378 e.